The van der Waals surface area contributed by atoms with Crippen molar-refractivity contribution < 1.29 is 42.1 Å². The number of hydrogen-bond acceptors (Lipinski definition) is 9. The Bertz CT molecular complexity index is 2050. The number of hydrogen-bond donors (Lipinski definition) is 0. The molecule has 4 heterocycles. The lowest BCUT2D eigenvalue weighted by Crippen LogP contribution is -2.67. The first-order valence-electron chi connectivity index (χ1n) is 21.7. The predicted molar refractivity (Wildman–Crippen MR) is 234 cm³/mol. The largest absolute Gasteiger partial charge is 0.391 e. The third kappa shape index (κ3) is 9.73. The summed E-state index contributed by atoms with van der Waals surface area (Å²) in [5.74, 6) is -0.113. The molecule has 0 bridgehead atoms. The van der Waals surface area contributed by atoms with Gasteiger partial charge in [-0.3, -0.25) is 4.79 Å². The van der Waals surface area contributed by atoms with E-state index in [1.165, 1.54) is 5.39 Å². The van der Waals surface area contributed by atoms with Crippen LogP contribution in [0.5, 0.6) is 0 Å². The molecule has 9 nitrogen and oxygen atoms in total. The van der Waals surface area contributed by atoms with E-state index in [-0.39, 0.29) is 40.3 Å². The molecule has 4 aromatic carbocycles. The number of fused-ring (bicyclic) bond motifs is 3. The van der Waals surface area contributed by atoms with Crippen molar-refractivity contribution >= 4 is 25.1 Å². The molecule has 60 heavy (non-hydrogen) atoms. The van der Waals surface area contributed by atoms with E-state index >= 15 is 0 Å². The van der Waals surface area contributed by atoms with E-state index in [0.29, 0.717) is 52.3 Å². The van der Waals surface area contributed by atoms with Crippen molar-refractivity contribution in [2.45, 2.75) is 146 Å². The highest BCUT2D eigenvalue weighted by Gasteiger charge is 2.63. The lowest BCUT2D eigenvalue weighted by atomic mass is 9.93. The first-order chi connectivity index (χ1) is 28.8. The van der Waals surface area contributed by atoms with Crippen LogP contribution in [0.25, 0.3) is 10.8 Å². The molecule has 0 unspecified atom stereocenters. The molecule has 0 N–H and O–H groups in total. The van der Waals surface area contributed by atoms with Crippen LogP contribution < -0.4 is 0 Å². The highest BCUT2D eigenvalue weighted by molar-refractivity contribution is 6.73. The maximum atomic E-state index is 14.0. The molecule has 4 aliphatic rings. The van der Waals surface area contributed by atoms with Crippen LogP contribution >= 0.6 is 0 Å². The smallest absolute Gasteiger partial charge is 0.349 e. The average molecular weight is 835 g/mol. The molecule has 10 heteroatoms. The second-order valence-electron chi connectivity index (χ2n) is 18.9. The molecule has 0 radical (unpaired) electrons. The summed E-state index contributed by atoms with van der Waals surface area (Å²) >= 11 is 0. The van der Waals surface area contributed by atoms with Crippen molar-refractivity contribution in [1.29, 1.82) is 0 Å². The molecule has 8 rings (SSSR count). The van der Waals surface area contributed by atoms with Gasteiger partial charge < -0.3 is 37.3 Å². The van der Waals surface area contributed by atoms with Gasteiger partial charge in [-0.1, -0.05) is 139 Å². The van der Waals surface area contributed by atoms with Crippen LogP contribution in [0.4, 0.5) is 0 Å². The van der Waals surface area contributed by atoms with Crippen LogP contribution in [0.2, 0.25) is 10.1 Å². The second kappa shape index (κ2) is 18.4. The molecule has 0 aliphatic carbocycles. The summed E-state index contributed by atoms with van der Waals surface area (Å²) in [5.41, 5.74) is 3.22. The normalized spacial score (nSPS) is 29.4. The zero-order valence-electron chi connectivity index (χ0n) is 36.0. The quantitative estimate of drug-likeness (QED) is 0.130. The van der Waals surface area contributed by atoms with E-state index in [4.69, 9.17) is 37.3 Å². The fourth-order valence-corrected chi connectivity index (χ4v) is 14.6. The van der Waals surface area contributed by atoms with Crippen molar-refractivity contribution in [2.24, 2.45) is 0 Å². The lowest BCUT2D eigenvalue weighted by Gasteiger charge is -2.56. The number of carbonyl (C=O) groups excluding carboxylic acids is 1. The Kier molecular flexibility index (Phi) is 13.2. The summed E-state index contributed by atoms with van der Waals surface area (Å²) in [6.07, 6.45) is 1.36. The molecule has 0 aromatic heterocycles. The summed E-state index contributed by atoms with van der Waals surface area (Å²) in [7, 11) is -2.75. The summed E-state index contributed by atoms with van der Waals surface area (Å²) in [5, 5.41) is 2.00. The molecule has 4 aliphatic heterocycles. The van der Waals surface area contributed by atoms with Crippen LogP contribution in [-0.2, 0) is 61.9 Å². The van der Waals surface area contributed by atoms with E-state index in [2.05, 4.69) is 102 Å². The Morgan fingerprint density at radius 3 is 1.97 bits per heavy atom. The van der Waals surface area contributed by atoms with E-state index in [1.807, 2.05) is 48.5 Å². The van der Waals surface area contributed by atoms with Gasteiger partial charge in [-0.25, -0.2) is 0 Å². The molecule has 320 valence electrons. The Labute approximate surface area is 356 Å². The minimum Gasteiger partial charge on any atom is -0.391 e. The molecular weight excluding hydrogens is 773 g/mol. The zero-order valence-corrected chi connectivity index (χ0v) is 37.0. The zero-order chi connectivity index (χ0) is 41.9. The van der Waals surface area contributed by atoms with Gasteiger partial charge in [0.05, 0.1) is 63.6 Å². The maximum Gasteiger partial charge on any atom is 0.349 e. The van der Waals surface area contributed by atoms with Gasteiger partial charge in [-0.15, -0.1) is 0 Å². The number of ketones is 1. The van der Waals surface area contributed by atoms with E-state index in [0.717, 1.165) is 22.1 Å². The third-order valence-electron chi connectivity index (χ3n) is 12.5. The van der Waals surface area contributed by atoms with Crippen LogP contribution in [0.15, 0.2) is 115 Å². The van der Waals surface area contributed by atoms with Crippen molar-refractivity contribution in [3.8, 4) is 0 Å². The Hall–Kier alpha value is -3.55. The maximum absolute atomic E-state index is 14.0. The fraction of sp³-hybridized carbons (Fsp3) is 0.500. The predicted octanol–water partition coefficient (Wildman–Crippen LogP) is 9.58. The van der Waals surface area contributed by atoms with Crippen molar-refractivity contribution in [1.82, 2.24) is 0 Å². The van der Waals surface area contributed by atoms with Gasteiger partial charge in [0.2, 0.25) is 0 Å². The van der Waals surface area contributed by atoms with E-state index in [1.54, 1.807) is 6.08 Å². The lowest BCUT2D eigenvalue weighted by molar-refractivity contribution is -0.230. The van der Waals surface area contributed by atoms with Crippen LogP contribution in [0.3, 0.4) is 0 Å². The first kappa shape index (κ1) is 43.1. The van der Waals surface area contributed by atoms with E-state index in [9.17, 15) is 4.79 Å². The molecule has 4 aromatic rings. The van der Waals surface area contributed by atoms with Gasteiger partial charge in [-0.2, -0.15) is 0 Å². The van der Waals surface area contributed by atoms with Crippen molar-refractivity contribution in [2.75, 3.05) is 13.2 Å². The van der Waals surface area contributed by atoms with Crippen LogP contribution in [0.1, 0.15) is 77.5 Å². The standard InChI is InChI=1S/C50H62O9Si/c1-49(2,3)60(50(4,5)6)55-33-48-46(59-60)28-44-40(56-48)24-23-39(51)41(57-44)26-45-42(54-31-36-21-22-37-19-13-14-20-38(37)25-36)27-43(53-30-35-17-11-8-12-18-35)47(58-45)32-52-29-34-15-9-7-10-16-34/h7-25,40-48H,26-33H2,1-6H3/t40-,41+,42-,43+,44+,45+,46-,47-,48+/m0/s1. The number of carbonyl (C=O) groups is 1. The van der Waals surface area contributed by atoms with Crippen molar-refractivity contribution in [3.05, 3.63) is 132 Å². The molecule has 0 amide bonds. The van der Waals surface area contributed by atoms with Gasteiger partial charge in [0, 0.05) is 29.3 Å². The van der Waals surface area contributed by atoms with Crippen LogP contribution in [-0.4, -0.2) is 82.5 Å². The Morgan fingerprint density at radius 2 is 1.27 bits per heavy atom. The monoisotopic (exact) mass is 834 g/mol. The molecule has 3 saturated heterocycles. The first-order valence-corrected chi connectivity index (χ1v) is 23.5. The minimum atomic E-state index is -2.75. The fourth-order valence-electron chi connectivity index (χ4n) is 9.59. The third-order valence-corrected chi connectivity index (χ3v) is 17.7. The summed E-state index contributed by atoms with van der Waals surface area (Å²) in [6, 6.07) is 35.0. The highest BCUT2D eigenvalue weighted by Crippen LogP contribution is 2.55. The van der Waals surface area contributed by atoms with Gasteiger partial charge >= 0.3 is 8.56 Å². The Balaban J connectivity index is 1.03. The molecule has 9 atom stereocenters. The van der Waals surface area contributed by atoms with Gasteiger partial charge in [-0.05, 0) is 45.7 Å². The summed E-state index contributed by atoms with van der Waals surface area (Å²) < 4.78 is 54.1. The van der Waals surface area contributed by atoms with Crippen LogP contribution in [0, 0.1) is 0 Å². The van der Waals surface area contributed by atoms with Crippen molar-refractivity contribution in [3.63, 3.8) is 0 Å². The summed E-state index contributed by atoms with van der Waals surface area (Å²) in [4.78, 5) is 14.0. The highest BCUT2D eigenvalue weighted by atomic mass is 28.4. The van der Waals surface area contributed by atoms with Gasteiger partial charge in [0.25, 0.3) is 0 Å². The number of benzene rings is 4. The SMILES string of the molecule is CC(C)(C)[Si]1(C(C)(C)C)OC[C@H]2O[C@H]3C=CC(=O)[C@@H](C[C@H]4O[C@@H](COCc5ccccc5)[C@H](OCc5ccccc5)C[C@@H]4OCc4ccc5ccccc5c4)O[C@@H]3C[C@@H]2O1. The van der Waals surface area contributed by atoms with E-state index < -0.39 is 39.1 Å². The molecule has 3 fully saturated rings. The minimum absolute atomic E-state index is 0.113. The average Bonchev–Trinajstić information content (AvgIpc) is 3.38. The van der Waals surface area contributed by atoms with Gasteiger partial charge in [0.1, 0.15) is 24.4 Å². The summed E-state index contributed by atoms with van der Waals surface area (Å²) in [6.45, 7) is 15.3. The second-order valence-corrected chi connectivity index (χ2v) is 23.7. The molecule has 0 saturated carbocycles. The Morgan fingerprint density at radius 1 is 0.633 bits per heavy atom. The number of ether oxygens (including phenoxy) is 6. The molecule has 0 spiro atoms. The molecular formula is C50H62O9Si. The number of rotatable bonds is 12. The topological polar surface area (TPSA) is 90.9 Å². The van der Waals surface area contributed by atoms with Gasteiger partial charge in [0.15, 0.2) is 5.78 Å².